The first kappa shape index (κ1) is 43.7. The molecule has 1 amide bonds. The zero-order valence-corrected chi connectivity index (χ0v) is 30.5. The molecule has 0 spiro atoms. The molecule has 0 aliphatic carbocycles. The Morgan fingerprint density at radius 3 is 1.80 bits per heavy atom. The summed E-state index contributed by atoms with van der Waals surface area (Å²) in [7, 11) is 1.23. The molecule has 0 aromatic carbocycles. The number of nitrogens with one attached hydrogen (secondary N) is 1. The van der Waals surface area contributed by atoms with E-state index in [1.54, 1.807) is 6.08 Å². The minimum Gasteiger partial charge on any atom is -0.756 e. The molecule has 264 valence electrons. The van der Waals surface area contributed by atoms with Crippen molar-refractivity contribution in [3.8, 4) is 0 Å². The number of phosphoric acid groups is 1. The van der Waals surface area contributed by atoms with Crippen LogP contribution in [0, 0.1) is 0 Å². The number of unbranched alkanes of at least 4 members (excludes halogenated alkanes) is 14. The standard InChI is InChI=1S/C36H69N2O6P/c1-6-8-10-12-14-16-17-18-19-20-21-22-23-25-27-29-35(39)34(33-44-45(41,42)43-32-31-38(3,4)5)37-36(40)30-28-26-24-15-13-11-9-7-2/h17-18,21-22,27,29,34-35,39H,6-16,19-20,23-26,28,30-33H2,1-5H3,(H-,37,40,41,42)/b18-17+,22-21+,29-27+. The molecule has 0 rings (SSSR count). The maximum atomic E-state index is 12.7. The van der Waals surface area contributed by atoms with Crippen molar-refractivity contribution in [2.24, 2.45) is 0 Å². The molecule has 0 aromatic rings. The Labute approximate surface area is 276 Å². The van der Waals surface area contributed by atoms with Gasteiger partial charge >= 0.3 is 0 Å². The number of phosphoric ester groups is 1. The monoisotopic (exact) mass is 656 g/mol. The lowest BCUT2D eigenvalue weighted by Gasteiger charge is -2.29. The van der Waals surface area contributed by atoms with Gasteiger partial charge in [-0.25, -0.2) is 0 Å². The Morgan fingerprint density at radius 2 is 1.24 bits per heavy atom. The van der Waals surface area contributed by atoms with Gasteiger partial charge in [0.1, 0.15) is 13.2 Å². The lowest BCUT2D eigenvalue weighted by molar-refractivity contribution is -0.870. The number of quaternary nitrogens is 1. The number of rotatable bonds is 31. The molecule has 3 atom stereocenters. The molecule has 0 fully saturated rings. The summed E-state index contributed by atoms with van der Waals surface area (Å²) in [6, 6.07) is -0.902. The Morgan fingerprint density at radius 1 is 0.756 bits per heavy atom. The highest BCUT2D eigenvalue weighted by Crippen LogP contribution is 2.38. The van der Waals surface area contributed by atoms with Crippen LogP contribution in [0.15, 0.2) is 36.5 Å². The Balaban J connectivity index is 4.66. The van der Waals surface area contributed by atoms with E-state index in [0.717, 1.165) is 44.9 Å². The molecule has 0 heterocycles. The third kappa shape index (κ3) is 31.1. The number of amides is 1. The zero-order chi connectivity index (χ0) is 33.7. The third-order valence-electron chi connectivity index (χ3n) is 7.58. The van der Waals surface area contributed by atoms with Crippen molar-refractivity contribution in [2.75, 3.05) is 40.9 Å². The molecule has 0 aromatic heterocycles. The highest BCUT2D eigenvalue weighted by molar-refractivity contribution is 7.45. The summed E-state index contributed by atoms with van der Waals surface area (Å²) >= 11 is 0. The van der Waals surface area contributed by atoms with E-state index >= 15 is 0 Å². The second-order valence-electron chi connectivity index (χ2n) is 13.2. The first-order valence-corrected chi connectivity index (χ1v) is 19.3. The summed E-state index contributed by atoms with van der Waals surface area (Å²) in [6.45, 7) is 4.53. The van der Waals surface area contributed by atoms with Gasteiger partial charge in [-0.1, -0.05) is 121 Å². The number of hydrogen-bond donors (Lipinski definition) is 2. The third-order valence-corrected chi connectivity index (χ3v) is 8.54. The average Bonchev–Trinajstić information content (AvgIpc) is 2.97. The number of allylic oxidation sites excluding steroid dienone is 5. The Bertz CT molecular complexity index is 840. The van der Waals surface area contributed by atoms with Crippen molar-refractivity contribution in [3.05, 3.63) is 36.5 Å². The van der Waals surface area contributed by atoms with E-state index in [1.807, 2.05) is 27.2 Å². The second-order valence-corrected chi connectivity index (χ2v) is 14.6. The van der Waals surface area contributed by atoms with E-state index < -0.39 is 26.6 Å². The normalized spacial score (nSPS) is 15.3. The highest BCUT2D eigenvalue weighted by atomic mass is 31.2. The quantitative estimate of drug-likeness (QED) is 0.0337. The molecule has 8 nitrogen and oxygen atoms in total. The molecule has 45 heavy (non-hydrogen) atoms. The van der Waals surface area contributed by atoms with Crippen molar-refractivity contribution in [1.29, 1.82) is 0 Å². The van der Waals surface area contributed by atoms with Crippen LogP contribution in [0.2, 0.25) is 0 Å². The number of aliphatic hydroxyl groups is 1. The number of aliphatic hydroxyl groups excluding tert-OH is 1. The van der Waals surface area contributed by atoms with Crippen LogP contribution in [0.1, 0.15) is 136 Å². The topological polar surface area (TPSA) is 108 Å². The van der Waals surface area contributed by atoms with Gasteiger partial charge in [-0.05, 0) is 44.9 Å². The number of carbonyl (C=O) groups is 1. The zero-order valence-electron chi connectivity index (χ0n) is 29.6. The Kier molecular flexibility index (Phi) is 28.1. The summed E-state index contributed by atoms with van der Waals surface area (Å²) in [6.07, 6.45) is 32.0. The molecular weight excluding hydrogens is 587 g/mol. The van der Waals surface area contributed by atoms with E-state index in [2.05, 4.69) is 43.5 Å². The van der Waals surface area contributed by atoms with E-state index in [-0.39, 0.29) is 12.5 Å². The first-order valence-electron chi connectivity index (χ1n) is 17.9. The smallest absolute Gasteiger partial charge is 0.268 e. The maximum absolute atomic E-state index is 12.7. The first-order chi connectivity index (χ1) is 21.5. The highest BCUT2D eigenvalue weighted by Gasteiger charge is 2.23. The lowest BCUT2D eigenvalue weighted by atomic mass is 10.1. The molecule has 2 N–H and O–H groups in total. The van der Waals surface area contributed by atoms with E-state index in [1.165, 1.54) is 70.6 Å². The fourth-order valence-electron chi connectivity index (χ4n) is 4.65. The van der Waals surface area contributed by atoms with Crippen LogP contribution in [0.4, 0.5) is 0 Å². The molecule has 0 radical (unpaired) electrons. The number of carbonyl (C=O) groups excluding carboxylic acids is 1. The summed E-state index contributed by atoms with van der Waals surface area (Å²) in [4.78, 5) is 25.0. The average molecular weight is 657 g/mol. The minimum absolute atomic E-state index is 0.00880. The number of hydrogen-bond acceptors (Lipinski definition) is 6. The van der Waals surface area contributed by atoms with Crippen molar-refractivity contribution in [3.63, 3.8) is 0 Å². The summed E-state index contributed by atoms with van der Waals surface area (Å²) in [5.41, 5.74) is 0. The van der Waals surface area contributed by atoms with Gasteiger partial charge in [0, 0.05) is 6.42 Å². The van der Waals surface area contributed by atoms with Crippen LogP contribution in [0.25, 0.3) is 0 Å². The lowest BCUT2D eigenvalue weighted by Crippen LogP contribution is -2.45. The summed E-state index contributed by atoms with van der Waals surface area (Å²) in [5, 5.41) is 13.6. The molecule has 0 saturated heterocycles. The van der Waals surface area contributed by atoms with E-state index in [0.29, 0.717) is 17.4 Å². The minimum atomic E-state index is -4.58. The van der Waals surface area contributed by atoms with Gasteiger partial charge in [0.05, 0.1) is 39.9 Å². The second kappa shape index (κ2) is 28.9. The molecule has 0 aliphatic rings. The Hall–Kier alpha value is -1.28. The fourth-order valence-corrected chi connectivity index (χ4v) is 5.37. The summed E-state index contributed by atoms with van der Waals surface area (Å²) < 4.78 is 23.0. The van der Waals surface area contributed by atoms with E-state index in [9.17, 15) is 19.4 Å². The number of likely N-dealkylation sites (N-methyl/N-ethyl adjacent to an activating group) is 1. The molecule has 3 unspecified atom stereocenters. The van der Waals surface area contributed by atoms with Crippen LogP contribution < -0.4 is 10.2 Å². The van der Waals surface area contributed by atoms with Crippen LogP contribution in [-0.2, 0) is 18.4 Å². The van der Waals surface area contributed by atoms with Crippen molar-refractivity contribution in [1.82, 2.24) is 5.32 Å². The van der Waals surface area contributed by atoms with E-state index in [4.69, 9.17) is 9.05 Å². The summed E-state index contributed by atoms with van der Waals surface area (Å²) in [5.74, 6) is -0.220. The molecule has 9 heteroatoms. The van der Waals surface area contributed by atoms with Gasteiger partial charge in [-0.2, -0.15) is 0 Å². The van der Waals surface area contributed by atoms with Crippen molar-refractivity contribution in [2.45, 2.75) is 148 Å². The predicted octanol–water partition coefficient (Wildman–Crippen LogP) is 8.16. The fraction of sp³-hybridized carbons (Fsp3) is 0.806. The largest absolute Gasteiger partial charge is 0.756 e. The molecule has 0 aliphatic heterocycles. The number of nitrogens with zero attached hydrogens (tertiary/aromatic N) is 1. The van der Waals surface area contributed by atoms with Crippen LogP contribution in [0.5, 0.6) is 0 Å². The van der Waals surface area contributed by atoms with Gasteiger partial charge in [-0.3, -0.25) is 9.36 Å². The van der Waals surface area contributed by atoms with Crippen molar-refractivity contribution >= 4 is 13.7 Å². The van der Waals surface area contributed by atoms with Gasteiger partial charge in [0.25, 0.3) is 7.82 Å². The van der Waals surface area contributed by atoms with Crippen LogP contribution in [0.3, 0.4) is 0 Å². The van der Waals surface area contributed by atoms with Gasteiger partial charge in [0.15, 0.2) is 0 Å². The predicted molar refractivity (Wildman–Crippen MR) is 187 cm³/mol. The van der Waals surface area contributed by atoms with Crippen LogP contribution in [-0.4, -0.2) is 68.5 Å². The molecule has 0 saturated carbocycles. The SMILES string of the molecule is CCCCCCC/C=C/CC/C=C/CC/C=C/C(O)C(COP(=O)([O-])OCC[N+](C)(C)C)NC(=O)CCCCCCCCCC. The van der Waals surface area contributed by atoms with Crippen molar-refractivity contribution < 1.29 is 32.9 Å². The van der Waals surface area contributed by atoms with Gasteiger partial charge in [0.2, 0.25) is 5.91 Å². The van der Waals surface area contributed by atoms with Crippen LogP contribution >= 0.6 is 7.82 Å². The maximum Gasteiger partial charge on any atom is 0.268 e. The van der Waals surface area contributed by atoms with Gasteiger partial charge in [-0.15, -0.1) is 0 Å². The molecule has 0 bridgehead atoms. The van der Waals surface area contributed by atoms with Gasteiger partial charge < -0.3 is 28.8 Å². The molecular formula is C36H69N2O6P.